The minimum Gasteiger partial charge on any atom is -0.477 e. The highest BCUT2D eigenvalue weighted by Crippen LogP contribution is 2.28. The second kappa shape index (κ2) is 9.09. The molecule has 2 atom stereocenters. The number of benzene rings is 1. The van der Waals surface area contributed by atoms with Gasteiger partial charge in [-0.05, 0) is 37.1 Å². The normalized spacial score (nSPS) is 20.5. The van der Waals surface area contributed by atoms with Crippen LogP contribution in [0.2, 0.25) is 0 Å². The summed E-state index contributed by atoms with van der Waals surface area (Å²) in [4.78, 5) is 27.3. The van der Waals surface area contributed by atoms with Crippen molar-refractivity contribution in [3.8, 4) is 5.88 Å². The van der Waals surface area contributed by atoms with Crippen molar-refractivity contribution in [2.75, 3.05) is 33.0 Å². The Labute approximate surface area is 203 Å². The Morgan fingerprint density at radius 1 is 1.09 bits per heavy atom. The minimum atomic E-state index is -0.109. The van der Waals surface area contributed by atoms with Gasteiger partial charge in [-0.15, -0.1) is 0 Å². The third kappa shape index (κ3) is 3.99. The molecule has 2 aliphatic rings. The van der Waals surface area contributed by atoms with E-state index in [1.807, 2.05) is 28.8 Å². The summed E-state index contributed by atoms with van der Waals surface area (Å²) in [6, 6.07) is 7.73. The average Bonchev–Trinajstić information content (AvgIpc) is 3.59. The molecule has 2 fully saturated rings. The van der Waals surface area contributed by atoms with Crippen molar-refractivity contribution < 1.29 is 14.2 Å². The highest BCUT2D eigenvalue weighted by atomic mass is 79.9. The van der Waals surface area contributed by atoms with Crippen LogP contribution in [0.25, 0.3) is 21.9 Å². The third-order valence-corrected chi connectivity index (χ3v) is 6.98. The van der Waals surface area contributed by atoms with E-state index < -0.39 is 0 Å². The molecule has 2 aliphatic heterocycles. The fraction of sp³-hybridized carbons (Fsp3) is 0.417. The van der Waals surface area contributed by atoms with Crippen LogP contribution in [0.3, 0.4) is 0 Å². The van der Waals surface area contributed by atoms with Crippen LogP contribution in [0.15, 0.2) is 45.9 Å². The monoisotopic (exact) mass is 525 g/mol. The first kappa shape index (κ1) is 21.7. The number of rotatable bonds is 6. The van der Waals surface area contributed by atoms with E-state index in [-0.39, 0.29) is 18.3 Å². The molecule has 2 saturated heterocycles. The van der Waals surface area contributed by atoms with E-state index in [2.05, 4.69) is 20.9 Å². The molecule has 4 aromatic rings. The minimum absolute atomic E-state index is 0.0136. The molecule has 9 nitrogen and oxygen atoms in total. The van der Waals surface area contributed by atoms with Crippen LogP contribution >= 0.6 is 15.9 Å². The van der Waals surface area contributed by atoms with Gasteiger partial charge in [-0.1, -0.05) is 15.9 Å². The molecule has 0 radical (unpaired) electrons. The highest BCUT2D eigenvalue weighted by molar-refractivity contribution is 9.10. The number of imidazole rings is 1. The van der Waals surface area contributed by atoms with Gasteiger partial charge < -0.3 is 14.2 Å². The number of pyridine rings is 1. The molecule has 0 spiro atoms. The Balaban J connectivity index is 1.41. The lowest BCUT2D eigenvalue weighted by molar-refractivity contribution is 0.166. The van der Waals surface area contributed by atoms with Gasteiger partial charge in [0.05, 0.1) is 60.5 Å². The number of hydrogen-bond donors (Lipinski definition) is 0. The van der Waals surface area contributed by atoms with Crippen molar-refractivity contribution in [2.45, 2.75) is 25.4 Å². The van der Waals surface area contributed by atoms with Crippen LogP contribution in [0.4, 0.5) is 0 Å². The molecule has 0 aliphatic carbocycles. The zero-order valence-electron chi connectivity index (χ0n) is 18.5. The zero-order chi connectivity index (χ0) is 23.1. The first-order chi connectivity index (χ1) is 16.7. The van der Waals surface area contributed by atoms with Crippen LogP contribution in [-0.4, -0.2) is 57.1 Å². The largest absolute Gasteiger partial charge is 0.477 e. The molecule has 176 valence electrons. The quantitative estimate of drug-likeness (QED) is 0.381. The summed E-state index contributed by atoms with van der Waals surface area (Å²) in [7, 11) is 0. The van der Waals surface area contributed by atoms with Crippen LogP contribution in [0.1, 0.15) is 24.7 Å². The standard InChI is InChI=1S/C24H24BrN5O4/c25-16-1-2-18-19(9-16)27-22(28-23(18)34-13-15-4-7-32-12-15)11-29-21-10-26-6-3-20(21)30(24(29)31)17-5-8-33-14-17/h1-3,6,9-10,15,17H,4-5,7-8,11-14H2. The average molecular weight is 526 g/mol. The predicted molar refractivity (Wildman–Crippen MR) is 129 cm³/mol. The van der Waals surface area contributed by atoms with Crippen molar-refractivity contribution in [1.29, 1.82) is 0 Å². The summed E-state index contributed by atoms with van der Waals surface area (Å²) in [5.41, 5.74) is 2.25. The van der Waals surface area contributed by atoms with Gasteiger partial charge in [0, 0.05) is 29.8 Å². The number of ether oxygens (including phenoxy) is 3. The lowest BCUT2D eigenvalue weighted by Crippen LogP contribution is -2.28. The van der Waals surface area contributed by atoms with E-state index in [0.29, 0.717) is 44.0 Å². The third-order valence-electron chi connectivity index (χ3n) is 6.49. The molecule has 2 unspecified atom stereocenters. The Hall–Kier alpha value is -2.82. The van der Waals surface area contributed by atoms with Crippen molar-refractivity contribution in [3.05, 3.63) is 57.4 Å². The van der Waals surface area contributed by atoms with Gasteiger partial charge in [-0.2, -0.15) is 4.98 Å². The molecular formula is C24H24BrN5O4. The maximum atomic E-state index is 13.5. The summed E-state index contributed by atoms with van der Waals surface area (Å²) in [6.45, 7) is 3.41. The molecule has 6 rings (SSSR count). The van der Waals surface area contributed by atoms with E-state index in [1.54, 1.807) is 17.0 Å². The summed E-state index contributed by atoms with van der Waals surface area (Å²) in [5, 5.41) is 0.838. The number of nitrogens with zero attached hydrogens (tertiary/aromatic N) is 5. The van der Waals surface area contributed by atoms with Crippen LogP contribution in [0, 0.1) is 5.92 Å². The van der Waals surface area contributed by atoms with E-state index in [4.69, 9.17) is 24.2 Å². The summed E-state index contributed by atoms with van der Waals surface area (Å²) in [6.07, 6.45) is 5.22. The molecule has 0 saturated carbocycles. The van der Waals surface area contributed by atoms with Crippen molar-refractivity contribution in [2.24, 2.45) is 5.92 Å². The maximum absolute atomic E-state index is 13.5. The van der Waals surface area contributed by atoms with Gasteiger partial charge in [0.25, 0.3) is 0 Å². The van der Waals surface area contributed by atoms with Crippen LogP contribution in [0.5, 0.6) is 5.88 Å². The summed E-state index contributed by atoms with van der Waals surface area (Å²) < 4.78 is 21.6. The fourth-order valence-corrected chi connectivity index (χ4v) is 5.06. The van der Waals surface area contributed by atoms with Crippen molar-refractivity contribution in [3.63, 3.8) is 0 Å². The van der Waals surface area contributed by atoms with Gasteiger partial charge in [0.2, 0.25) is 5.88 Å². The predicted octanol–water partition coefficient (Wildman–Crippen LogP) is 3.33. The van der Waals surface area contributed by atoms with Gasteiger partial charge >= 0.3 is 5.69 Å². The SMILES string of the molecule is O=c1n(Cc2nc(OCC3CCOC3)c3ccc(Br)cc3n2)c2cnccc2n1C1CCOC1. The van der Waals surface area contributed by atoms with Gasteiger partial charge in [0.15, 0.2) is 5.82 Å². The first-order valence-corrected chi connectivity index (χ1v) is 12.3. The first-order valence-electron chi connectivity index (χ1n) is 11.5. The number of aromatic nitrogens is 5. The second-order valence-corrected chi connectivity index (χ2v) is 9.68. The van der Waals surface area contributed by atoms with E-state index in [1.165, 1.54) is 0 Å². The molecule has 10 heteroatoms. The molecule has 3 aromatic heterocycles. The molecule has 5 heterocycles. The maximum Gasteiger partial charge on any atom is 0.329 e. The van der Waals surface area contributed by atoms with Gasteiger partial charge in [-0.25, -0.2) is 9.78 Å². The number of fused-ring (bicyclic) bond motifs is 2. The Morgan fingerprint density at radius 2 is 1.97 bits per heavy atom. The van der Waals surface area contributed by atoms with E-state index in [9.17, 15) is 4.79 Å². The topological polar surface area (TPSA) is 93.3 Å². The Morgan fingerprint density at radius 3 is 2.79 bits per heavy atom. The molecule has 1 aromatic carbocycles. The molecule has 34 heavy (non-hydrogen) atoms. The molecule has 0 bridgehead atoms. The van der Waals surface area contributed by atoms with E-state index in [0.717, 1.165) is 45.9 Å². The lowest BCUT2D eigenvalue weighted by Gasteiger charge is -2.13. The van der Waals surface area contributed by atoms with Gasteiger partial charge in [0.1, 0.15) is 0 Å². The Kier molecular flexibility index (Phi) is 5.80. The fourth-order valence-electron chi connectivity index (χ4n) is 4.71. The number of halogens is 1. The number of hydrogen-bond acceptors (Lipinski definition) is 7. The molecular weight excluding hydrogens is 502 g/mol. The van der Waals surface area contributed by atoms with E-state index >= 15 is 0 Å². The van der Waals surface area contributed by atoms with Gasteiger partial charge in [-0.3, -0.25) is 14.1 Å². The van der Waals surface area contributed by atoms with Crippen LogP contribution in [-0.2, 0) is 16.0 Å². The highest BCUT2D eigenvalue weighted by Gasteiger charge is 2.25. The lowest BCUT2D eigenvalue weighted by atomic mass is 10.1. The summed E-state index contributed by atoms with van der Waals surface area (Å²) in [5.74, 6) is 1.39. The zero-order valence-corrected chi connectivity index (χ0v) is 20.1. The smallest absolute Gasteiger partial charge is 0.329 e. The van der Waals surface area contributed by atoms with Crippen molar-refractivity contribution >= 4 is 37.9 Å². The second-order valence-electron chi connectivity index (χ2n) is 8.77. The van der Waals surface area contributed by atoms with Crippen molar-refractivity contribution in [1.82, 2.24) is 24.1 Å². The Bertz CT molecular complexity index is 1410. The molecule has 0 N–H and O–H groups in total. The van der Waals surface area contributed by atoms with Crippen LogP contribution < -0.4 is 10.4 Å². The molecule has 0 amide bonds. The summed E-state index contributed by atoms with van der Waals surface area (Å²) >= 11 is 3.53.